The van der Waals surface area contributed by atoms with Crippen molar-refractivity contribution in [1.29, 1.82) is 0 Å². The van der Waals surface area contributed by atoms with E-state index in [1.807, 2.05) is 49.4 Å². The molecule has 0 unspecified atom stereocenters. The Labute approximate surface area is 183 Å². The predicted molar refractivity (Wildman–Crippen MR) is 117 cm³/mol. The van der Waals surface area contributed by atoms with Crippen molar-refractivity contribution in [1.82, 2.24) is 4.57 Å². The summed E-state index contributed by atoms with van der Waals surface area (Å²) in [6, 6.07) is 13.2. The SMILES string of the molecule is C[C@@H]1[C@H]2c3ccccc3O[C@@]1(C)N=c1s/c(=C3\C(=O)Nc4ccc(Br)cc43)c(=O)n12. The van der Waals surface area contributed by atoms with Crippen molar-refractivity contribution in [3.8, 4) is 5.75 Å². The van der Waals surface area contributed by atoms with Gasteiger partial charge in [0.05, 0.1) is 11.6 Å². The highest BCUT2D eigenvalue weighted by Gasteiger charge is 2.49. The third-order valence-corrected chi connectivity index (χ3v) is 7.78. The molecular weight excluding hydrogens is 466 g/mol. The molecular formula is C22H16BrN3O3S. The van der Waals surface area contributed by atoms with Crippen LogP contribution in [0.3, 0.4) is 0 Å². The summed E-state index contributed by atoms with van der Waals surface area (Å²) in [6.07, 6.45) is 0. The van der Waals surface area contributed by atoms with Crippen LogP contribution >= 0.6 is 27.3 Å². The molecule has 3 aliphatic heterocycles. The second-order valence-corrected chi connectivity index (χ2v) is 9.84. The number of carbonyl (C=O) groups is 1. The monoisotopic (exact) mass is 481 g/mol. The number of hydrogen-bond acceptors (Lipinski definition) is 5. The topological polar surface area (TPSA) is 72.7 Å². The molecule has 4 heterocycles. The van der Waals surface area contributed by atoms with Crippen molar-refractivity contribution >= 4 is 44.4 Å². The standard InChI is InChI=1S/C22H16BrN3O3S/c1-10-17-12-5-3-4-6-15(12)29-22(10,2)25-21-26(17)20(28)18(30-21)16-13-9-11(23)7-8-14(13)24-19(16)27/h3-10,17H,1-2H3,(H,24,27)/b18-16-/t10-,17+,22-/m1/s1. The molecule has 1 amide bonds. The first kappa shape index (κ1) is 18.1. The molecule has 8 heteroatoms. The van der Waals surface area contributed by atoms with Crippen LogP contribution < -0.4 is 24.9 Å². The van der Waals surface area contributed by atoms with Crippen molar-refractivity contribution in [2.75, 3.05) is 5.32 Å². The predicted octanol–water partition coefficient (Wildman–Crippen LogP) is 2.79. The number of rotatable bonds is 0. The first-order valence-corrected chi connectivity index (χ1v) is 11.2. The van der Waals surface area contributed by atoms with Gasteiger partial charge in [0, 0.05) is 27.2 Å². The van der Waals surface area contributed by atoms with Gasteiger partial charge in [0.1, 0.15) is 10.3 Å². The molecule has 0 saturated carbocycles. The number of ether oxygens (including phenoxy) is 1. The van der Waals surface area contributed by atoms with Gasteiger partial charge in [-0.3, -0.25) is 14.2 Å². The van der Waals surface area contributed by atoms with E-state index in [2.05, 4.69) is 28.2 Å². The summed E-state index contributed by atoms with van der Waals surface area (Å²) in [5, 5.41) is 2.87. The molecule has 2 bridgehead atoms. The normalized spacial score (nSPS) is 27.4. The lowest BCUT2D eigenvalue weighted by molar-refractivity contribution is -0.110. The van der Waals surface area contributed by atoms with Crippen molar-refractivity contribution in [2.24, 2.45) is 10.9 Å². The molecule has 1 N–H and O–H groups in total. The van der Waals surface area contributed by atoms with E-state index in [9.17, 15) is 9.59 Å². The number of anilines is 1. The summed E-state index contributed by atoms with van der Waals surface area (Å²) < 4.78 is 9.25. The average Bonchev–Trinajstić information content (AvgIpc) is 3.17. The maximum absolute atomic E-state index is 13.7. The van der Waals surface area contributed by atoms with Crippen molar-refractivity contribution in [3.05, 3.63) is 77.8 Å². The van der Waals surface area contributed by atoms with E-state index >= 15 is 0 Å². The molecule has 6 rings (SSSR count). The molecule has 3 aliphatic rings. The van der Waals surface area contributed by atoms with Gasteiger partial charge in [-0.15, -0.1) is 0 Å². The minimum atomic E-state index is -0.767. The number of carbonyl (C=O) groups excluding carboxylic acids is 1. The van der Waals surface area contributed by atoms with Crippen LogP contribution in [0.4, 0.5) is 5.69 Å². The molecule has 0 aliphatic carbocycles. The summed E-state index contributed by atoms with van der Waals surface area (Å²) in [6.45, 7) is 4.01. The number of hydrogen-bond donors (Lipinski definition) is 1. The van der Waals surface area contributed by atoms with Gasteiger partial charge in [-0.1, -0.05) is 52.4 Å². The lowest BCUT2D eigenvalue weighted by atomic mass is 9.83. The number of aromatic nitrogens is 1. The number of nitrogens with zero attached hydrogens (tertiary/aromatic N) is 2. The van der Waals surface area contributed by atoms with Gasteiger partial charge in [0.15, 0.2) is 4.80 Å². The Hall–Kier alpha value is -2.71. The van der Waals surface area contributed by atoms with Crippen molar-refractivity contribution in [3.63, 3.8) is 0 Å². The zero-order chi connectivity index (χ0) is 20.8. The lowest BCUT2D eigenvalue weighted by Crippen LogP contribution is -2.54. The van der Waals surface area contributed by atoms with Crippen LogP contribution in [0.5, 0.6) is 5.75 Å². The summed E-state index contributed by atoms with van der Waals surface area (Å²) in [5.41, 5.74) is 1.85. The van der Waals surface area contributed by atoms with Gasteiger partial charge < -0.3 is 10.1 Å². The van der Waals surface area contributed by atoms with Gasteiger partial charge in [0.25, 0.3) is 11.5 Å². The Balaban J connectivity index is 1.71. The van der Waals surface area contributed by atoms with Crippen molar-refractivity contribution in [2.45, 2.75) is 25.6 Å². The fourth-order valence-corrected chi connectivity index (χ4v) is 6.15. The van der Waals surface area contributed by atoms with E-state index in [1.165, 1.54) is 11.3 Å². The van der Waals surface area contributed by atoms with Crippen LogP contribution in [0.1, 0.15) is 31.0 Å². The maximum Gasteiger partial charge on any atom is 0.271 e. The van der Waals surface area contributed by atoms with Crippen LogP contribution in [0.2, 0.25) is 0 Å². The van der Waals surface area contributed by atoms with E-state index < -0.39 is 5.72 Å². The number of benzene rings is 2. The second kappa shape index (κ2) is 5.92. The molecule has 3 aromatic rings. The Bertz CT molecular complexity index is 1460. The molecule has 2 aromatic carbocycles. The number of thiazole rings is 1. The summed E-state index contributed by atoms with van der Waals surface area (Å²) in [4.78, 5) is 31.9. The molecule has 0 spiro atoms. The second-order valence-electron chi connectivity index (χ2n) is 7.95. The molecule has 30 heavy (non-hydrogen) atoms. The van der Waals surface area contributed by atoms with E-state index in [0.29, 0.717) is 20.6 Å². The number of para-hydroxylation sites is 1. The van der Waals surface area contributed by atoms with Crippen molar-refractivity contribution < 1.29 is 9.53 Å². The fraction of sp³-hybridized carbons (Fsp3) is 0.227. The van der Waals surface area contributed by atoms with Gasteiger partial charge in [-0.2, -0.15) is 0 Å². The Morgan fingerprint density at radius 3 is 2.87 bits per heavy atom. The lowest BCUT2D eigenvalue weighted by Gasteiger charge is -2.45. The van der Waals surface area contributed by atoms with Crippen LogP contribution in [0.25, 0.3) is 5.57 Å². The van der Waals surface area contributed by atoms with Crippen LogP contribution in [-0.2, 0) is 4.79 Å². The molecule has 150 valence electrons. The Kier molecular flexibility index (Phi) is 3.57. The number of halogens is 1. The average molecular weight is 482 g/mol. The van der Waals surface area contributed by atoms with E-state index in [1.54, 1.807) is 4.57 Å². The van der Waals surface area contributed by atoms with Gasteiger partial charge >= 0.3 is 0 Å². The molecule has 0 fully saturated rings. The quantitative estimate of drug-likeness (QED) is 0.536. The van der Waals surface area contributed by atoms with Gasteiger partial charge in [0.2, 0.25) is 5.72 Å². The Morgan fingerprint density at radius 2 is 2.03 bits per heavy atom. The summed E-state index contributed by atoms with van der Waals surface area (Å²) in [5.74, 6) is 0.444. The van der Waals surface area contributed by atoms with Gasteiger partial charge in [-0.25, -0.2) is 4.99 Å². The number of amides is 1. The maximum atomic E-state index is 13.7. The van der Waals surface area contributed by atoms with Crippen LogP contribution in [0, 0.1) is 5.92 Å². The molecule has 3 atom stereocenters. The third-order valence-electron chi connectivity index (χ3n) is 6.23. The van der Waals surface area contributed by atoms with Crippen LogP contribution in [-0.4, -0.2) is 16.2 Å². The third kappa shape index (κ3) is 2.26. The van der Waals surface area contributed by atoms with Crippen LogP contribution in [0.15, 0.2) is 56.7 Å². The van der Waals surface area contributed by atoms with E-state index in [-0.39, 0.29) is 23.4 Å². The first-order valence-electron chi connectivity index (χ1n) is 9.62. The fourth-order valence-electron chi connectivity index (χ4n) is 4.60. The summed E-state index contributed by atoms with van der Waals surface area (Å²) in [7, 11) is 0. The van der Waals surface area contributed by atoms with Gasteiger partial charge in [-0.05, 0) is 31.2 Å². The molecule has 6 nitrogen and oxygen atoms in total. The highest BCUT2D eigenvalue weighted by atomic mass is 79.9. The minimum absolute atomic E-state index is 0.0381. The molecule has 0 saturated heterocycles. The smallest absolute Gasteiger partial charge is 0.271 e. The number of fused-ring (bicyclic) bond motifs is 7. The highest BCUT2D eigenvalue weighted by Crippen LogP contribution is 2.46. The number of nitrogens with one attached hydrogen (secondary N) is 1. The zero-order valence-electron chi connectivity index (χ0n) is 16.1. The largest absolute Gasteiger partial charge is 0.466 e. The molecule has 0 radical (unpaired) electrons. The first-order chi connectivity index (χ1) is 14.4. The summed E-state index contributed by atoms with van der Waals surface area (Å²) >= 11 is 4.72. The zero-order valence-corrected chi connectivity index (χ0v) is 18.5. The molecule has 1 aromatic heterocycles. The Morgan fingerprint density at radius 1 is 1.23 bits per heavy atom. The van der Waals surface area contributed by atoms with E-state index in [4.69, 9.17) is 9.73 Å². The minimum Gasteiger partial charge on any atom is -0.466 e. The van der Waals surface area contributed by atoms with E-state index in [0.717, 1.165) is 21.3 Å². The highest BCUT2D eigenvalue weighted by molar-refractivity contribution is 9.10.